The van der Waals surface area contributed by atoms with Crippen molar-refractivity contribution in [2.75, 3.05) is 0 Å². The minimum absolute atomic E-state index is 0.0299. The zero-order chi connectivity index (χ0) is 15.9. The number of Topliss-reactive ketones (excluding diaryl/α,β-unsaturated/α-hetero) is 1. The molecule has 0 spiro atoms. The third kappa shape index (κ3) is 2.56. The Morgan fingerprint density at radius 2 is 1.73 bits per heavy atom. The van der Waals surface area contributed by atoms with Gasteiger partial charge in [-0.2, -0.15) is 0 Å². The van der Waals surface area contributed by atoms with E-state index in [4.69, 9.17) is 0 Å². The molecule has 4 fully saturated rings. The molecule has 4 aliphatic carbocycles. The zero-order valence-electron chi connectivity index (χ0n) is 14.7. The number of ketones is 1. The van der Waals surface area contributed by atoms with E-state index < -0.39 is 0 Å². The summed E-state index contributed by atoms with van der Waals surface area (Å²) in [6.45, 7) is 6.26. The molecule has 4 rings (SSSR count). The lowest BCUT2D eigenvalue weighted by Crippen LogP contribution is -2.47. The van der Waals surface area contributed by atoms with Gasteiger partial charge in [0, 0.05) is 11.8 Å². The maximum Gasteiger partial charge on any atom is 0.139 e. The van der Waals surface area contributed by atoms with Crippen molar-refractivity contribution in [1.29, 1.82) is 0 Å². The lowest BCUT2D eigenvalue weighted by Gasteiger charge is -2.53. The van der Waals surface area contributed by atoms with Crippen LogP contribution in [0.15, 0.2) is 0 Å². The second-order valence-electron chi connectivity index (χ2n) is 8.41. The SMILES string of the molecule is CC.C[C@@]12CC[C@H]3C[C@H]4C[C@H](O)CC[C@@H]4C[C@@H]3[C@H]1CCC2=O. The Bertz CT molecular complexity index is 418. The molecule has 0 radical (unpaired) electrons. The third-order valence-electron chi connectivity index (χ3n) is 7.59. The largest absolute Gasteiger partial charge is 0.393 e. The molecule has 4 aliphatic rings. The molecule has 0 aromatic carbocycles. The van der Waals surface area contributed by atoms with E-state index in [0.29, 0.717) is 11.7 Å². The van der Waals surface area contributed by atoms with Gasteiger partial charge in [-0.3, -0.25) is 4.79 Å². The maximum atomic E-state index is 12.3. The van der Waals surface area contributed by atoms with E-state index in [9.17, 15) is 9.90 Å². The van der Waals surface area contributed by atoms with Crippen molar-refractivity contribution in [3.63, 3.8) is 0 Å². The molecule has 0 heterocycles. The summed E-state index contributed by atoms with van der Waals surface area (Å²) in [5.41, 5.74) is 0.0299. The van der Waals surface area contributed by atoms with Crippen LogP contribution >= 0.6 is 0 Å². The molecule has 22 heavy (non-hydrogen) atoms. The second kappa shape index (κ2) is 6.26. The van der Waals surface area contributed by atoms with Crippen molar-refractivity contribution in [2.45, 2.75) is 84.7 Å². The predicted octanol–water partition coefficient (Wildman–Crippen LogP) is 4.60. The molecular formula is C20H34O2. The van der Waals surface area contributed by atoms with Crippen LogP contribution in [-0.2, 0) is 4.79 Å². The quantitative estimate of drug-likeness (QED) is 0.710. The molecule has 4 saturated carbocycles. The first-order chi connectivity index (χ1) is 10.6. The highest BCUT2D eigenvalue weighted by Crippen LogP contribution is 2.60. The predicted molar refractivity (Wildman–Crippen MR) is 89.5 cm³/mol. The Morgan fingerprint density at radius 3 is 2.50 bits per heavy atom. The molecule has 2 nitrogen and oxygen atoms in total. The fraction of sp³-hybridized carbons (Fsp3) is 0.950. The Labute approximate surface area is 136 Å². The Hall–Kier alpha value is -0.370. The number of hydrogen-bond acceptors (Lipinski definition) is 2. The number of hydrogen-bond donors (Lipinski definition) is 1. The van der Waals surface area contributed by atoms with Crippen LogP contribution in [0.2, 0.25) is 0 Å². The first-order valence-corrected chi connectivity index (χ1v) is 9.79. The van der Waals surface area contributed by atoms with Gasteiger partial charge in [0.15, 0.2) is 0 Å². The van der Waals surface area contributed by atoms with E-state index >= 15 is 0 Å². The first kappa shape index (κ1) is 16.5. The van der Waals surface area contributed by atoms with Crippen molar-refractivity contribution in [1.82, 2.24) is 0 Å². The van der Waals surface area contributed by atoms with Crippen LogP contribution < -0.4 is 0 Å². The molecule has 0 amide bonds. The summed E-state index contributed by atoms with van der Waals surface area (Å²) in [6, 6.07) is 0. The number of aliphatic hydroxyl groups excluding tert-OH is 1. The highest BCUT2D eigenvalue weighted by atomic mass is 16.3. The van der Waals surface area contributed by atoms with Gasteiger partial charge in [-0.15, -0.1) is 0 Å². The number of rotatable bonds is 0. The van der Waals surface area contributed by atoms with Gasteiger partial charge in [0.05, 0.1) is 6.10 Å². The number of aliphatic hydroxyl groups is 1. The fourth-order valence-electron chi connectivity index (χ4n) is 6.43. The highest BCUT2D eigenvalue weighted by molar-refractivity contribution is 5.87. The van der Waals surface area contributed by atoms with Crippen molar-refractivity contribution in [3.05, 3.63) is 0 Å². The van der Waals surface area contributed by atoms with E-state index in [1.54, 1.807) is 0 Å². The molecule has 0 aromatic rings. The van der Waals surface area contributed by atoms with Gasteiger partial charge in [-0.1, -0.05) is 20.8 Å². The summed E-state index contributed by atoms with van der Waals surface area (Å²) >= 11 is 0. The van der Waals surface area contributed by atoms with Crippen LogP contribution in [0.3, 0.4) is 0 Å². The molecule has 2 heteroatoms. The van der Waals surface area contributed by atoms with Gasteiger partial charge in [-0.25, -0.2) is 0 Å². The standard InChI is InChI=1S/C18H28O2.C2H6/c1-18-7-6-12-8-13-9-14(19)3-2-11(13)10-15(12)16(18)4-5-17(18)20;1-2/h11-16,19H,2-10H2,1H3;1-2H3/t11-,12+,13+,14-,15+,16-,18-;/m1./s1. The lowest BCUT2D eigenvalue weighted by atomic mass is 9.52. The van der Waals surface area contributed by atoms with Gasteiger partial charge in [0.25, 0.3) is 0 Å². The summed E-state index contributed by atoms with van der Waals surface area (Å²) in [5.74, 6) is 4.53. The smallest absolute Gasteiger partial charge is 0.139 e. The molecule has 0 bridgehead atoms. The molecule has 0 aliphatic heterocycles. The molecule has 126 valence electrons. The van der Waals surface area contributed by atoms with Crippen molar-refractivity contribution < 1.29 is 9.90 Å². The van der Waals surface area contributed by atoms with Gasteiger partial charge in [0.2, 0.25) is 0 Å². The van der Waals surface area contributed by atoms with Crippen molar-refractivity contribution in [2.24, 2.45) is 35.0 Å². The van der Waals surface area contributed by atoms with Gasteiger partial charge in [-0.05, 0) is 81.0 Å². The van der Waals surface area contributed by atoms with E-state index in [2.05, 4.69) is 6.92 Å². The van der Waals surface area contributed by atoms with Gasteiger partial charge < -0.3 is 5.11 Å². The van der Waals surface area contributed by atoms with Crippen LogP contribution in [0.4, 0.5) is 0 Å². The van der Waals surface area contributed by atoms with Crippen LogP contribution in [0.25, 0.3) is 0 Å². The van der Waals surface area contributed by atoms with Gasteiger partial charge in [0.1, 0.15) is 5.78 Å². The minimum Gasteiger partial charge on any atom is -0.393 e. The lowest BCUT2D eigenvalue weighted by molar-refractivity contribution is -0.132. The Kier molecular flexibility index (Phi) is 4.69. The maximum absolute atomic E-state index is 12.3. The molecule has 1 N–H and O–H groups in total. The van der Waals surface area contributed by atoms with E-state index in [-0.39, 0.29) is 11.5 Å². The van der Waals surface area contributed by atoms with E-state index in [1.165, 1.54) is 25.7 Å². The summed E-state index contributed by atoms with van der Waals surface area (Å²) in [4.78, 5) is 12.3. The van der Waals surface area contributed by atoms with Gasteiger partial charge >= 0.3 is 0 Å². The number of carbonyl (C=O) groups is 1. The average Bonchev–Trinajstić information content (AvgIpc) is 2.83. The molecule has 7 atom stereocenters. The summed E-state index contributed by atoms with van der Waals surface area (Å²) in [5, 5.41) is 9.93. The summed E-state index contributed by atoms with van der Waals surface area (Å²) in [7, 11) is 0. The second-order valence-corrected chi connectivity index (χ2v) is 8.41. The Balaban J connectivity index is 0.000000693. The van der Waals surface area contributed by atoms with E-state index in [1.807, 2.05) is 13.8 Å². The average molecular weight is 306 g/mol. The van der Waals surface area contributed by atoms with Crippen LogP contribution in [0.1, 0.15) is 78.6 Å². The van der Waals surface area contributed by atoms with E-state index in [0.717, 1.165) is 55.8 Å². The molecule has 0 unspecified atom stereocenters. The minimum atomic E-state index is -0.0327. The molecule has 0 saturated heterocycles. The number of carbonyl (C=O) groups excluding carboxylic acids is 1. The first-order valence-electron chi connectivity index (χ1n) is 9.79. The van der Waals surface area contributed by atoms with Crippen LogP contribution in [0, 0.1) is 35.0 Å². The van der Waals surface area contributed by atoms with Crippen molar-refractivity contribution >= 4 is 5.78 Å². The van der Waals surface area contributed by atoms with Crippen LogP contribution in [0.5, 0.6) is 0 Å². The van der Waals surface area contributed by atoms with Crippen LogP contribution in [-0.4, -0.2) is 17.0 Å². The Morgan fingerprint density at radius 1 is 0.955 bits per heavy atom. The zero-order valence-corrected chi connectivity index (χ0v) is 14.7. The fourth-order valence-corrected chi connectivity index (χ4v) is 6.43. The molecule has 0 aromatic heterocycles. The molecular weight excluding hydrogens is 272 g/mol. The number of fused-ring (bicyclic) bond motifs is 4. The summed E-state index contributed by atoms with van der Waals surface area (Å²) in [6.07, 6.45) is 10.4. The highest BCUT2D eigenvalue weighted by Gasteiger charge is 2.55. The third-order valence-corrected chi connectivity index (χ3v) is 7.59. The monoisotopic (exact) mass is 306 g/mol. The summed E-state index contributed by atoms with van der Waals surface area (Å²) < 4.78 is 0. The topological polar surface area (TPSA) is 37.3 Å². The van der Waals surface area contributed by atoms with Crippen molar-refractivity contribution in [3.8, 4) is 0 Å². The normalized spacial score (nSPS) is 50.3.